The fraction of sp³-hybridized carbons (Fsp3) is 0.364. The Bertz CT molecular complexity index is 433. The zero-order chi connectivity index (χ0) is 11.4. The summed E-state index contributed by atoms with van der Waals surface area (Å²) >= 11 is 1.68. The first-order chi connectivity index (χ1) is 7.74. The van der Waals surface area contributed by atoms with E-state index in [0.29, 0.717) is 0 Å². The molecule has 0 bridgehead atoms. The first-order valence-electron chi connectivity index (χ1n) is 5.18. The highest BCUT2D eigenvalue weighted by Crippen LogP contribution is 2.07. The van der Waals surface area contributed by atoms with Crippen molar-refractivity contribution in [3.63, 3.8) is 0 Å². The number of anilines is 1. The lowest BCUT2D eigenvalue weighted by molar-refractivity contribution is 0.958. The molecule has 0 fully saturated rings. The zero-order valence-electron chi connectivity index (χ0n) is 9.40. The smallest absolute Gasteiger partial charge is 0.129 e. The van der Waals surface area contributed by atoms with Crippen LogP contribution in [0.15, 0.2) is 17.6 Å². The first-order valence-corrected chi connectivity index (χ1v) is 6.06. The zero-order valence-corrected chi connectivity index (χ0v) is 10.2. The number of nitrogens with one attached hydrogen (secondary N) is 1. The first kappa shape index (κ1) is 11.0. The Kier molecular flexibility index (Phi) is 3.46. The average molecular weight is 234 g/mol. The van der Waals surface area contributed by atoms with Crippen LogP contribution < -0.4 is 5.32 Å². The molecule has 2 heterocycles. The second kappa shape index (κ2) is 5.03. The van der Waals surface area contributed by atoms with Gasteiger partial charge in [0.1, 0.15) is 11.6 Å². The van der Waals surface area contributed by atoms with Gasteiger partial charge in [-0.3, -0.25) is 0 Å². The highest BCUT2D eigenvalue weighted by Gasteiger charge is 1.99. The quantitative estimate of drug-likeness (QED) is 0.881. The summed E-state index contributed by atoms with van der Waals surface area (Å²) in [5, 5.41) is 6.42. The molecule has 0 amide bonds. The molecular formula is C11H14N4S. The third-order valence-electron chi connectivity index (χ3n) is 2.09. The molecule has 2 aromatic rings. The van der Waals surface area contributed by atoms with Gasteiger partial charge in [0.05, 0.1) is 5.01 Å². The molecule has 0 aromatic carbocycles. The number of aryl methyl sites for hydroxylation is 2. The van der Waals surface area contributed by atoms with E-state index in [2.05, 4.69) is 20.3 Å². The normalized spacial score (nSPS) is 10.4. The van der Waals surface area contributed by atoms with Gasteiger partial charge in [-0.05, 0) is 13.8 Å². The van der Waals surface area contributed by atoms with Crippen molar-refractivity contribution in [2.45, 2.75) is 20.3 Å². The highest BCUT2D eigenvalue weighted by atomic mass is 32.1. The molecule has 1 N–H and O–H groups in total. The van der Waals surface area contributed by atoms with E-state index in [1.807, 2.05) is 31.5 Å². The number of aromatic nitrogens is 3. The maximum Gasteiger partial charge on any atom is 0.129 e. The minimum absolute atomic E-state index is 0.803. The molecule has 0 aliphatic heterocycles. The van der Waals surface area contributed by atoms with Gasteiger partial charge in [0.15, 0.2) is 0 Å². The van der Waals surface area contributed by atoms with Crippen molar-refractivity contribution < 1.29 is 0 Å². The summed E-state index contributed by atoms with van der Waals surface area (Å²) in [6.45, 7) is 4.73. The lowest BCUT2D eigenvalue weighted by atomic mass is 10.4. The molecule has 0 aliphatic carbocycles. The van der Waals surface area contributed by atoms with Crippen LogP contribution in [0.4, 0.5) is 5.82 Å². The molecule has 2 aromatic heterocycles. The second-order valence-corrected chi connectivity index (χ2v) is 4.52. The van der Waals surface area contributed by atoms with Gasteiger partial charge in [-0.15, -0.1) is 11.3 Å². The molecule has 2 rings (SSSR count). The van der Waals surface area contributed by atoms with Crippen molar-refractivity contribution in [1.29, 1.82) is 0 Å². The van der Waals surface area contributed by atoms with E-state index in [4.69, 9.17) is 0 Å². The standard InChI is InChI=1S/C11H14N4S/c1-8-7-10(15-9(2)14-8)12-4-3-11-13-5-6-16-11/h5-7H,3-4H2,1-2H3,(H,12,14,15). The molecule has 0 radical (unpaired) electrons. The van der Waals surface area contributed by atoms with Crippen molar-refractivity contribution in [3.8, 4) is 0 Å². The number of hydrogen-bond acceptors (Lipinski definition) is 5. The van der Waals surface area contributed by atoms with E-state index in [9.17, 15) is 0 Å². The van der Waals surface area contributed by atoms with E-state index in [-0.39, 0.29) is 0 Å². The maximum absolute atomic E-state index is 4.31. The van der Waals surface area contributed by atoms with Gasteiger partial charge in [-0.2, -0.15) is 0 Å². The SMILES string of the molecule is Cc1cc(NCCc2nccs2)nc(C)n1. The molecule has 0 atom stereocenters. The monoisotopic (exact) mass is 234 g/mol. The fourth-order valence-electron chi connectivity index (χ4n) is 1.48. The van der Waals surface area contributed by atoms with Gasteiger partial charge in [-0.25, -0.2) is 15.0 Å². The lowest BCUT2D eigenvalue weighted by Gasteiger charge is -2.05. The Morgan fingerprint density at radius 3 is 2.88 bits per heavy atom. The fourth-order valence-corrected chi connectivity index (χ4v) is 2.10. The van der Waals surface area contributed by atoms with Crippen molar-refractivity contribution in [2.24, 2.45) is 0 Å². The third-order valence-corrected chi connectivity index (χ3v) is 2.93. The Morgan fingerprint density at radius 2 is 2.19 bits per heavy atom. The average Bonchev–Trinajstić information content (AvgIpc) is 2.69. The molecule has 0 unspecified atom stereocenters. The van der Waals surface area contributed by atoms with E-state index < -0.39 is 0 Å². The Hall–Kier alpha value is -1.49. The van der Waals surface area contributed by atoms with Crippen LogP contribution in [0.1, 0.15) is 16.5 Å². The summed E-state index contributed by atoms with van der Waals surface area (Å²) in [7, 11) is 0. The van der Waals surface area contributed by atoms with Crippen LogP contribution in [-0.2, 0) is 6.42 Å². The number of thiazole rings is 1. The second-order valence-electron chi connectivity index (χ2n) is 3.54. The van der Waals surface area contributed by atoms with Crippen molar-refractivity contribution in [2.75, 3.05) is 11.9 Å². The van der Waals surface area contributed by atoms with Gasteiger partial charge in [0, 0.05) is 36.3 Å². The van der Waals surface area contributed by atoms with Crippen LogP contribution in [0, 0.1) is 13.8 Å². The summed E-state index contributed by atoms with van der Waals surface area (Å²) in [5.41, 5.74) is 0.990. The third kappa shape index (κ3) is 3.00. The maximum atomic E-state index is 4.31. The van der Waals surface area contributed by atoms with Gasteiger partial charge < -0.3 is 5.32 Å². The summed E-state index contributed by atoms with van der Waals surface area (Å²) < 4.78 is 0. The van der Waals surface area contributed by atoms with Crippen LogP contribution in [0.3, 0.4) is 0 Å². The minimum atomic E-state index is 0.803. The van der Waals surface area contributed by atoms with Gasteiger partial charge in [0.25, 0.3) is 0 Å². The van der Waals surface area contributed by atoms with Gasteiger partial charge >= 0.3 is 0 Å². The number of nitrogens with zero attached hydrogens (tertiary/aromatic N) is 3. The topological polar surface area (TPSA) is 50.7 Å². The minimum Gasteiger partial charge on any atom is -0.370 e. The van der Waals surface area contributed by atoms with Crippen LogP contribution >= 0.6 is 11.3 Å². The van der Waals surface area contributed by atoms with E-state index in [1.54, 1.807) is 11.3 Å². The predicted molar refractivity (Wildman–Crippen MR) is 65.8 cm³/mol. The van der Waals surface area contributed by atoms with E-state index in [1.165, 1.54) is 0 Å². The highest BCUT2D eigenvalue weighted by molar-refractivity contribution is 7.09. The van der Waals surface area contributed by atoms with Crippen molar-refractivity contribution >= 4 is 17.2 Å². The Labute approximate surface area is 98.8 Å². The largest absolute Gasteiger partial charge is 0.370 e. The van der Waals surface area contributed by atoms with E-state index >= 15 is 0 Å². The van der Waals surface area contributed by atoms with Crippen LogP contribution in [0.25, 0.3) is 0 Å². The van der Waals surface area contributed by atoms with Gasteiger partial charge in [0.2, 0.25) is 0 Å². The molecule has 0 spiro atoms. The number of rotatable bonds is 4. The molecule has 0 saturated carbocycles. The Morgan fingerprint density at radius 1 is 1.31 bits per heavy atom. The predicted octanol–water partition coefficient (Wildman–Crippen LogP) is 2.20. The Balaban J connectivity index is 1.89. The summed E-state index contributed by atoms with van der Waals surface area (Å²) in [5.74, 6) is 1.69. The molecule has 0 aliphatic rings. The molecule has 4 nitrogen and oxygen atoms in total. The molecule has 16 heavy (non-hydrogen) atoms. The summed E-state index contributed by atoms with van der Waals surface area (Å²) in [6, 6.07) is 1.95. The van der Waals surface area contributed by atoms with Crippen molar-refractivity contribution in [1.82, 2.24) is 15.0 Å². The van der Waals surface area contributed by atoms with Gasteiger partial charge in [-0.1, -0.05) is 0 Å². The van der Waals surface area contributed by atoms with Crippen molar-refractivity contribution in [3.05, 3.63) is 34.2 Å². The molecule has 0 saturated heterocycles. The summed E-state index contributed by atoms with van der Waals surface area (Å²) in [4.78, 5) is 12.8. The lowest BCUT2D eigenvalue weighted by Crippen LogP contribution is -2.07. The number of hydrogen-bond donors (Lipinski definition) is 1. The molecular weight excluding hydrogens is 220 g/mol. The van der Waals surface area contributed by atoms with Crippen LogP contribution in [-0.4, -0.2) is 21.5 Å². The van der Waals surface area contributed by atoms with Crippen LogP contribution in [0.2, 0.25) is 0 Å². The van der Waals surface area contributed by atoms with E-state index in [0.717, 1.165) is 35.3 Å². The molecule has 5 heteroatoms. The summed E-state index contributed by atoms with van der Waals surface area (Å²) in [6.07, 6.45) is 2.76. The molecule has 84 valence electrons. The van der Waals surface area contributed by atoms with Crippen LogP contribution in [0.5, 0.6) is 0 Å².